The fraction of sp³-hybridized carbons (Fsp3) is 0.154. The summed E-state index contributed by atoms with van der Waals surface area (Å²) in [6.45, 7) is 0. The number of benzene rings is 3. The largest absolute Gasteiger partial charge is 0.496 e. The predicted molar refractivity (Wildman–Crippen MR) is 120 cm³/mol. The maximum absolute atomic E-state index is 12.4. The van der Waals surface area contributed by atoms with Gasteiger partial charge in [0.1, 0.15) is 5.75 Å². The lowest BCUT2D eigenvalue weighted by molar-refractivity contribution is -0.116. The van der Waals surface area contributed by atoms with Gasteiger partial charge in [0.05, 0.1) is 19.8 Å². The first-order chi connectivity index (χ1) is 15.1. The highest BCUT2D eigenvalue weighted by molar-refractivity contribution is 5.91. The van der Waals surface area contributed by atoms with Crippen LogP contribution in [0.25, 0.3) is 0 Å². The third-order valence-electron chi connectivity index (χ3n) is 4.60. The van der Waals surface area contributed by atoms with Crippen LogP contribution >= 0.6 is 0 Å². The Morgan fingerprint density at radius 1 is 0.871 bits per heavy atom. The molecule has 3 aromatic carbocycles. The summed E-state index contributed by atoms with van der Waals surface area (Å²) in [6.07, 6.45) is 0.933. The van der Waals surface area contributed by atoms with Gasteiger partial charge in [-0.1, -0.05) is 42.2 Å². The lowest BCUT2D eigenvalue weighted by atomic mass is 10.1. The van der Waals surface area contributed by atoms with E-state index < -0.39 is 5.97 Å². The van der Waals surface area contributed by atoms with E-state index in [1.165, 1.54) is 7.11 Å². The lowest BCUT2D eigenvalue weighted by Gasteiger charge is -2.09. The molecule has 0 saturated carbocycles. The maximum Gasteiger partial charge on any atom is 0.337 e. The highest BCUT2D eigenvalue weighted by Crippen LogP contribution is 2.19. The zero-order chi connectivity index (χ0) is 22.1. The Bertz CT molecular complexity index is 1140. The maximum atomic E-state index is 12.4. The summed E-state index contributed by atoms with van der Waals surface area (Å²) in [5.74, 6) is 6.40. The van der Waals surface area contributed by atoms with E-state index in [9.17, 15) is 9.59 Å². The van der Waals surface area contributed by atoms with Gasteiger partial charge in [-0.05, 0) is 54.4 Å². The number of para-hydroxylation sites is 1. The molecule has 0 heterocycles. The number of nitrogens with one attached hydrogen (secondary N) is 1. The summed E-state index contributed by atoms with van der Waals surface area (Å²) in [5, 5.41) is 2.91. The fourth-order valence-corrected chi connectivity index (χ4v) is 3.04. The SMILES string of the molecule is COC(=O)c1cccc(C#Cc2cccc(NC(=O)CCc3ccccc3OC)c2)c1. The topological polar surface area (TPSA) is 64.6 Å². The number of amides is 1. The summed E-state index contributed by atoms with van der Waals surface area (Å²) in [6, 6.07) is 22.0. The number of hydrogen-bond acceptors (Lipinski definition) is 4. The Morgan fingerprint density at radius 3 is 2.32 bits per heavy atom. The number of carbonyl (C=O) groups is 2. The number of ether oxygens (including phenoxy) is 2. The van der Waals surface area contributed by atoms with Gasteiger partial charge in [-0.15, -0.1) is 0 Å². The number of esters is 1. The van der Waals surface area contributed by atoms with Crippen molar-refractivity contribution in [3.8, 4) is 17.6 Å². The molecule has 156 valence electrons. The van der Waals surface area contributed by atoms with Gasteiger partial charge in [-0.2, -0.15) is 0 Å². The van der Waals surface area contributed by atoms with Crippen molar-refractivity contribution in [3.05, 3.63) is 95.1 Å². The van der Waals surface area contributed by atoms with Crippen LogP contribution in [0.1, 0.15) is 33.5 Å². The van der Waals surface area contributed by atoms with Crippen molar-refractivity contribution in [1.82, 2.24) is 0 Å². The molecule has 0 fully saturated rings. The first-order valence-electron chi connectivity index (χ1n) is 9.81. The van der Waals surface area contributed by atoms with Crippen LogP contribution in [0.5, 0.6) is 5.75 Å². The number of rotatable bonds is 6. The van der Waals surface area contributed by atoms with Gasteiger partial charge in [0.25, 0.3) is 0 Å². The first-order valence-corrected chi connectivity index (χ1v) is 9.81. The molecule has 3 aromatic rings. The Morgan fingerprint density at radius 2 is 1.58 bits per heavy atom. The van der Waals surface area contributed by atoms with Gasteiger partial charge >= 0.3 is 5.97 Å². The standard InChI is InChI=1S/C26H23NO4/c1-30-24-12-4-3-9-21(24)15-16-25(28)27-23-11-6-8-20(18-23)14-13-19-7-5-10-22(17-19)26(29)31-2/h3-12,17-18H,15-16H2,1-2H3,(H,27,28). The molecule has 0 aliphatic carbocycles. The highest BCUT2D eigenvalue weighted by Gasteiger charge is 2.07. The number of methoxy groups -OCH3 is 2. The van der Waals surface area contributed by atoms with Crippen molar-refractivity contribution >= 4 is 17.6 Å². The first kappa shape index (κ1) is 21.7. The van der Waals surface area contributed by atoms with E-state index in [-0.39, 0.29) is 5.91 Å². The van der Waals surface area contributed by atoms with Gasteiger partial charge < -0.3 is 14.8 Å². The monoisotopic (exact) mass is 413 g/mol. The van der Waals surface area contributed by atoms with E-state index in [2.05, 4.69) is 17.2 Å². The Labute approximate surface area is 182 Å². The minimum atomic E-state index is -0.401. The molecule has 0 aliphatic rings. The molecule has 5 nitrogen and oxygen atoms in total. The average molecular weight is 413 g/mol. The summed E-state index contributed by atoms with van der Waals surface area (Å²) in [5.41, 5.74) is 3.58. The predicted octanol–water partition coefficient (Wildman–Crippen LogP) is 4.45. The molecule has 1 N–H and O–H groups in total. The van der Waals surface area contributed by atoms with Gasteiger partial charge in [-0.25, -0.2) is 4.79 Å². The molecule has 5 heteroatoms. The zero-order valence-electron chi connectivity index (χ0n) is 17.5. The normalized spacial score (nSPS) is 9.87. The lowest BCUT2D eigenvalue weighted by Crippen LogP contribution is -2.12. The van der Waals surface area contributed by atoms with Crippen molar-refractivity contribution < 1.29 is 19.1 Å². The quantitative estimate of drug-likeness (QED) is 0.479. The van der Waals surface area contributed by atoms with Crippen molar-refractivity contribution in [1.29, 1.82) is 0 Å². The Hall–Kier alpha value is -4.04. The second-order valence-corrected chi connectivity index (χ2v) is 6.76. The smallest absolute Gasteiger partial charge is 0.337 e. The molecule has 0 bridgehead atoms. The van der Waals surface area contributed by atoms with Crippen molar-refractivity contribution in [2.75, 3.05) is 19.5 Å². The molecule has 0 aliphatic heterocycles. The summed E-state index contributed by atoms with van der Waals surface area (Å²) >= 11 is 0. The molecule has 0 radical (unpaired) electrons. The summed E-state index contributed by atoms with van der Waals surface area (Å²) < 4.78 is 10.1. The van der Waals surface area contributed by atoms with Crippen LogP contribution in [0.2, 0.25) is 0 Å². The molecule has 0 unspecified atom stereocenters. The third-order valence-corrected chi connectivity index (χ3v) is 4.60. The molecule has 0 aromatic heterocycles. The fourth-order valence-electron chi connectivity index (χ4n) is 3.04. The summed E-state index contributed by atoms with van der Waals surface area (Å²) in [4.78, 5) is 24.0. The minimum absolute atomic E-state index is 0.0817. The highest BCUT2D eigenvalue weighted by atomic mass is 16.5. The molecule has 0 spiro atoms. The van der Waals surface area contributed by atoms with E-state index in [0.29, 0.717) is 29.7 Å². The van der Waals surface area contributed by atoms with E-state index in [4.69, 9.17) is 9.47 Å². The number of anilines is 1. The van der Waals surface area contributed by atoms with Gasteiger partial charge in [0.15, 0.2) is 0 Å². The van der Waals surface area contributed by atoms with Crippen LogP contribution < -0.4 is 10.1 Å². The molecule has 3 rings (SSSR count). The average Bonchev–Trinajstić information content (AvgIpc) is 2.81. The van der Waals surface area contributed by atoms with Crippen molar-refractivity contribution in [2.45, 2.75) is 12.8 Å². The van der Waals surface area contributed by atoms with Crippen LogP contribution in [-0.2, 0) is 16.0 Å². The zero-order valence-corrected chi connectivity index (χ0v) is 17.5. The van der Waals surface area contributed by atoms with Gasteiger partial charge in [0, 0.05) is 23.2 Å². The van der Waals surface area contributed by atoms with E-state index in [1.54, 1.807) is 25.3 Å². The number of carbonyl (C=O) groups excluding carboxylic acids is 2. The molecule has 0 saturated heterocycles. The molecular formula is C26H23NO4. The molecule has 31 heavy (non-hydrogen) atoms. The van der Waals surface area contributed by atoms with Crippen LogP contribution in [0.4, 0.5) is 5.69 Å². The van der Waals surface area contributed by atoms with E-state index in [0.717, 1.165) is 16.9 Å². The molecular weight excluding hydrogens is 390 g/mol. The second-order valence-electron chi connectivity index (χ2n) is 6.76. The molecule has 1 amide bonds. The van der Waals surface area contributed by atoms with Crippen LogP contribution in [0.15, 0.2) is 72.8 Å². The van der Waals surface area contributed by atoms with E-state index in [1.807, 2.05) is 54.6 Å². The second kappa shape index (κ2) is 10.7. The number of aryl methyl sites for hydroxylation is 1. The van der Waals surface area contributed by atoms with Crippen LogP contribution in [-0.4, -0.2) is 26.1 Å². The van der Waals surface area contributed by atoms with Crippen molar-refractivity contribution in [3.63, 3.8) is 0 Å². The minimum Gasteiger partial charge on any atom is -0.496 e. The van der Waals surface area contributed by atoms with Crippen LogP contribution in [0.3, 0.4) is 0 Å². The van der Waals surface area contributed by atoms with E-state index >= 15 is 0 Å². The Kier molecular flexibility index (Phi) is 7.45. The van der Waals surface area contributed by atoms with Gasteiger partial charge in [0.2, 0.25) is 5.91 Å². The number of hydrogen-bond donors (Lipinski definition) is 1. The van der Waals surface area contributed by atoms with Gasteiger partial charge in [-0.3, -0.25) is 4.79 Å². The Balaban J connectivity index is 1.64. The third kappa shape index (κ3) is 6.22. The van der Waals surface area contributed by atoms with Crippen LogP contribution in [0, 0.1) is 11.8 Å². The van der Waals surface area contributed by atoms with Crippen molar-refractivity contribution in [2.24, 2.45) is 0 Å². The molecule has 0 atom stereocenters. The summed E-state index contributed by atoms with van der Waals surface area (Å²) in [7, 11) is 2.97.